The van der Waals surface area contributed by atoms with Crippen LogP contribution in [0.5, 0.6) is 0 Å². The van der Waals surface area contributed by atoms with Crippen molar-refractivity contribution in [3.8, 4) is 0 Å². The van der Waals surface area contributed by atoms with Gasteiger partial charge in [-0.25, -0.2) is 0 Å². The molecule has 0 unspecified atom stereocenters. The highest BCUT2D eigenvalue weighted by Crippen LogP contribution is 1.93. The summed E-state index contributed by atoms with van der Waals surface area (Å²) >= 11 is 0. The Kier molecular flexibility index (Phi) is 5.00. The zero-order valence-electron chi connectivity index (χ0n) is 4.28. The molecule has 0 saturated heterocycles. The van der Waals surface area contributed by atoms with Gasteiger partial charge in [0.05, 0.1) is 0 Å². The minimum absolute atomic E-state index is 0.824. The lowest BCUT2D eigenvalue weighted by molar-refractivity contribution is 0.826. The Hall–Kier alpha value is 0. The Labute approximate surface area is 40.6 Å². The third kappa shape index (κ3) is 4.00. The SMILES string of the molecule is [CH]CCC[CH]C. The van der Waals surface area contributed by atoms with Gasteiger partial charge in [-0.15, -0.1) is 0 Å². The van der Waals surface area contributed by atoms with Crippen molar-refractivity contribution >= 4 is 0 Å². The van der Waals surface area contributed by atoms with Crippen LogP contribution in [-0.2, 0) is 0 Å². The smallest absolute Gasteiger partial charge is 0.0352 e. The summed E-state index contributed by atoms with van der Waals surface area (Å²) < 4.78 is 0. The van der Waals surface area contributed by atoms with Crippen LogP contribution in [0.3, 0.4) is 0 Å². The number of hydrogen-bond acceptors (Lipinski definition) is 0. The molecule has 0 heterocycles. The second-order valence-electron chi connectivity index (χ2n) is 1.34. The third-order valence-electron chi connectivity index (χ3n) is 0.697. The molecule has 0 saturated carbocycles. The van der Waals surface area contributed by atoms with Crippen LogP contribution >= 0.6 is 0 Å². The first-order valence-electron chi connectivity index (χ1n) is 2.39. The quantitative estimate of drug-likeness (QED) is 0.458. The highest BCUT2D eigenvalue weighted by atomic mass is 13.8. The van der Waals surface area contributed by atoms with Crippen molar-refractivity contribution in [3.05, 3.63) is 13.3 Å². The molecule has 0 aliphatic heterocycles. The van der Waals surface area contributed by atoms with Gasteiger partial charge in [-0.05, 0) is 19.8 Å². The van der Waals surface area contributed by atoms with Crippen molar-refractivity contribution in [2.75, 3.05) is 0 Å². The summed E-state index contributed by atoms with van der Waals surface area (Å²) in [6.07, 6.45) is 5.25. The summed E-state index contributed by atoms with van der Waals surface area (Å²) in [6, 6.07) is 0. The largest absolute Gasteiger partial charge is 0.0623 e. The molecule has 0 aliphatic carbocycles. The lowest BCUT2D eigenvalue weighted by Crippen LogP contribution is -1.67. The maximum absolute atomic E-state index is 5.19. The molecule has 0 heteroatoms. The topological polar surface area (TPSA) is 0 Å². The molecule has 0 atom stereocenters. The van der Waals surface area contributed by atoms with E-state index >= 15 is 0 Å². The lowest BCUT2D eigenvalue weighted by atomic mass is 10.2. The van der Waals surface area contributed by atoms with E-state index in [-0.39, 0.29) is 0 Å². The summed E-state index contributed by atoms with van der Waals surface area (Å²) in [5.74, 6) is 0. The second-order valence-corrected chi connectivity index (χ2v) is 1.34. The van der Waals surface area contributed by atoms with Gasteiger partial charge in [0.15, 0.2) is 0 Å². The Morgan fingerprint density at radius 3 is 2.50 bits per heavy atom. The van der Waals surface area contributed by atoms with Gasteiger partial charge >= 0.3 is 0 Å². The summed E-state index contributed by atoms with van der Waals surface area (Å²) in [5, 5.41) is 0. The molecule has 0 bridgehead atoms. The van der Waals surface area contributed by atoms with E-state index < -0.39 is 0 Å². The molecule has 0 aromatic heterocycles. The van der Waals surface area contributed by atoms with Crippen LogP contribution in [0.15, 0.2) is 0 Å². The van der Waals surface area contributed by atoms with Gasteiger partial charge < -0.3 is 0 Å². The summed E-state index contributed by atoms with van der Waals surface area (Å²) in [5.41, 5.74) is 0. The molecule has 0 aromatic rings. The first kappa shape index (κ1) is 6.00. The average Bonchev–Trinajstić information content (AvgIpc) is 1.61. The van der Waals surface area contributed by atoms with Crippen LogP contribution in [0.4, 0.5) is 0 Å². The van der Waals surface area contributed by atoms with Gasteiger partial charge in [-0.1, -0.05) is 19.8 Å². The van der Waals surface area contributed by atoms with Crippen molar-refractivity contribution in [1.82, 2.24) is 0 Å². The summed E-state index contributed by atoms with van der Waals surface area (Å²) in [4.78, 5) is 0. The monoisotopic (exact) mass is 83.1 g/mol. The zero-order chi connectivity index (χ0) is 4.83. The van der Waals surface area contributed by atoms with Crippen molar-refractivity contribution < 1.29 is 0 Å². The van der Waals surface area contributed by atoms with Crippen LogP contribution < -0.4 is 0 Å². The third-order valence-corrected chi connectivity index (χ3v) is 0.697. The maximum atomic E-state index is 5.19. The van der Waals surface area contributed by atoms with E-state index in [0.29, 0.717) is 0 Å². The fourth-order valence-corrected chi connectivity index (χ4v) is 0.322. The van der Waals surface area contributed by atoms with Crippen molar-refractivity contribution in [2.45, 2.75) is 26.2 Å². The molecule has 0 N–H and O–H groups in total. The fourth-order valence-electron chi connectivity index (χ4n) is 0.322. The maximum Gasteiger partial charge on any atom is -0.0352 e. The lowest BCUT2D eigenvalue weighted by Gasteiger charge is -1.85. The van der Waals surface area contributed by atoms with E-state index in [1.165, 1.54) is 0 Å². The second kappa shape index (κ2) is 5.00. The Balaban J connectivity index is 2.34. The molecule has 6 heavy (non-hydrogen) atoms. The van der Waals surface area contributed by atoms with Gasteiger partial charge in [0, 0.05) is 0 Å². The molecular weight excluding hydrogens is 72.1 g/mol. The van der Waals surface area contributed by atoms with Crippen LogP contribution in [0.1, 0.15) is 26.2 Å². The predicted octanol–water partition coefficient (Wildman–Crippen LogP) is 2.09. The summed E-state index contributed by atoms with van der Waals surface area (Å²) in [7, 11) is 0. The molecule has 0 rings (SSSR count). The summed E-state index contributed by atoms with van der Waals surface area (Å²) in [6.45, 7) is 7.25. The minimum Gasteiger partial charge on any atom is -0.0623 e. The normalized spacial score (nSPS) is 9.00. The highest BCUT2D eigenvalue weighted by Gasteiger charge is 1.76. The van der Waals surface area contributed by atoms with Gasteiger partial charge in [0.1, 0.15) is 0 Å². The Bertz CT molecular complexity index is 12.0. The molecule has 3 radical (unpaired) electrons. The van der Waals surface area contributed by atoms with E-state index in [2.05, 4.69) is 13.3 Å². The molecule has 0 spiro atoms. The van der Waals surface area contributed by atoms with Gasteiger partial charge in [0.2, 0.25) is 0 Å². The van der Waals surface area contributed by atoms with Crippen LogP contribution in [-0.4, -0.2) is 0 Å². The zero-order valence-corrected chi connectivity index (χ0v) is 4.28. The van der Waals surface area contributed by atoms with Crippen molar-refractivity contribution in [2.24, 2.45) is 0 Å². The molecule has 0 nitrogen and oxygen atoms in total. The van der Waals surface area contributed by atoms with E-state index in [0.717, 1.165) is 19.3 Å². The molecule has 0 aliphatic rings. The number of rotatable bonds is 3. The van der Waals surface area contributed by atoms with Gasteiger partial charge in [0.25, 0.3) is 0 Å². The van der Waals surface area contributed by atoms with Crippen molar-refractivity contribution in [3.63, 3.8) is 0 Å². The van der Waals surface area contributed by atoms with Gasteiger partial charge in [-0.2, -0.15) is 0 Å². The van der Waals surface area contributed by atoms with E-state index in [1.54, 1.807) is 0 Å². The standard InChI is InChI=1S/C6H11/c1-3-5-6-4-2/h1,4H,3,5-6H2,2H3. The molecular formula is C6H11. The minimum atomic E-state index is 0.824. The molecule has 0 aromatic carbocycles. The molecule has 35 valence electrons. The molecule has 0 amide bonds. The highest BCUT2D eigenvalue weighted by molar-refractivity contribution is 4.54. The van der Waals surface area contributed by atoms with Crippen molar-refractivity contribution in [1.29, 1.82) is 0 Å². The predicted molar refractivity (Wildman–Crippen MR) is 28.1 cm³/mol. The number of hydrogen-bond donors (Lipinski definition) is 0. The van der Waals surface area contributed by atoms with E-state index in [1.807, 2.05) is 0 Å². The van der Waals surface area contributed by atoms with Crippen LogP contribution in [0.2, 0.25) is 0 Å². The van der Waals surface area contributed by atoms with E-state index in [9.17, 15) is 0 Å². The molecule has 0 fully saturated rings. The Morgan fingerprint density at radius 1 is 1.67 bits per heavy atom. The van der Waals surface area contributed by atoms with Crippen LogP contribution in [0, 0.1) is 13.3 Å². The fraction of sp³-hybridized carbons (Fsp3) is 0.667. The number of unbranched alkanes of at least 4 members (excludes halogenated alkanes) is 3. The van der Waals surface area contributed by atoms with Crippen LogP contribution in [0.25, 0.3) is 0 Å². The Morgan fingerprint density at radius 2 is 2.33 bits per heavy atom. The first-order chi connectivity index (χ1) is 2.91. The van der Waals surface area contributed by atoms with Gasteiger partial charge in [-0.3, -0.25) is 0 Å². The average molecular weight is 83.2 g/mol. The first-order valence-corrected chi connectivity index (χ1v) is 2.39. The van der Waals surface area contributed by atoms with E-state index in [4.69, 9.17) is 6.92 Å².